The standard InChI is InChI=1S/C28H36O5.C28H24O4.C22H28O6.C20H24O6.C18H20O6/c1-27(18-8-4-2-5-9-18)17-28(19-10-6-3-7-11-19,21-13-12-20(29)16-24(21)31)33-26-22(27)14-15-23(30)25(26)32;1-27(19-8-4-2-5-9-19)18-28(20-10-6-3-7-11-20,23-14-12-21(29)16-25(23)31)32-26-17-22(30)13-15-24(26)27;1-5-21(6-2)12(4)22(7-3,13-8-10-15(23)18(26)17(13)25)28-20-14(21)9-11-16(24)19(20)27;1-5-19(3)10(2)20(4,11-6-8-13(21)16(24)15(11)23)26-18-12(19)7-9-14(22)17(18)25;1-17(2)8-18(3,9-4-6-11(19)14(22)13(9)21)24-16-10(17)5-7-12(20)15(16)23/h12-16,18-19,29-32H,2-11,17H2,1H3;2-17,29-31H,18H2,1H3;8-12,23-27H,5-7H2,1-4H3;6-10,21-25H,5H2,1-4H3;4-7,19-23H,8H2,1-3H3. The molecule has 0 saturated heterocycles. The van der Waals surface area contributed by atoms with Crippen LogP contribution in [0, 0.1) is 23.7 Å². The van der Waals surface area contributed by atoms with Crippen molar-refractivity contribution in [1.82, 2.24) is 0 Å². The minimum absolute atomic E-state index is 0.0155. The summed E-state index contributed by atoms with van der Waals surface area (Å²) in [5, 5.41) is 224. The quantitative estimate of drug-likeness (QED) is 0.0477. The minimum Gasteiger partial charge on any atom is -0.508 e. The van der Waals surface area contributed by atoms with Gasteiger partial charge >= 0.3 is 0 Å². The largest absolute Gasteiger partial charge is 0.508 e. The molecule has 5 heterocycles. The molecule has 0 aromatic heterocycles. The molecule has 143 heavy (non-hydrogen) atoms. The Labute approximate surface area is 831 Å². The molecule has 0 bridgehead atoms. The zero-order chi connectivity index (χ0) is 104. The Kier molecular flexibility index (Phi) is 27.7. The van der Waals surface area contributed by atoms with Crippen LogP contribution in [0.5, 0.6) is 155 Å². The Morgan fingerprint density at radius 2 is 0.671 bits per heavy atom. The molecule has 0 spiro atoms. The first-order valence-electron chi connectivity index (χ1n) is 49.0. The van der Waals surface area contributed by atoms with Gasteiger partial charge in [0.05, 0.1) is 0 Å². The third-order valence-corrected chi connectivity index (χ3v) is 33.1. The van der Waals surface area contributed by atoms with Crippen molar-refractivity contribution in [1.29, 1.82) is 0 Å². The third-order valence-electron chi connectivity index (χ3n) is 33.1. The van der Waals surface area contributed by atoms with Crippen molar-refractivity contribution < 1.29 is 136 Å². The minimum atomic E-state index is -1.13. The highest BCUT2D eigenvalue weighted by Crippen LogP contribution is 2.68. The number of phenols is 22. The van der Waals surface area contributed by atoms with Gasteiger partial charge in [-0.05, 0) is 173 Å². The van der Waals surface area contributed by atoms with Crippen molar-refractivity contribution in [3.63, 3.8) is 0 Å². The van der Waals surface area contributed by atoms with Gasteiger partial charge in [0.15, 0.2) is 86.1 Å². The fraction of sp³-hybridized carbons (Fsp3) is 0.379. The van der Waals surface area contributed by atoms with Crippen molar-refractivity contribution >= 4 is 0 Å². The van der Waals surface area contributed by atoms with Crippen LogP contribution in [-0.2, 0) is 55.1 Å². The van der Waals surface area contributed by atoms with Crippen LogP contribution in [0.4, 0.5) is 0 Å². The lowest BCUT2D eigenvalue weighted by Crippen LogP contribution is -2.53. The van der Waals surface area contributed by atoms with Crippen LogP contribution in [0.2, 0.25) is 0 Å². The van der Waals surface area contributed by atoms with Crippen LogP contribution in [0.1, 0.15) is 266 Å². The maximum atomic E-state index is 11.0. The van der Waals surface area contributed by atoms with E-state index in [1.165, 1.54) is 92.4 Å². The monoisotopic (exact) mass is 1960 g/mol. The van der Waals surface area contributed by atoms with Crippen LogP contribution < -0.4 is 23.7 Å². The zero-order valence-electron chi connectivity index (χ0n) is 82.8. The van der Waals surface area contributed by atoms with Gasteiger partial charge in [-0.3, -0.25) is 0 Å². The van der Waals surface area contributed by atoms with E-state index in [0.717, 1.165) is 96.7 Å². The van der Waals surface area contributed by atoms with E-state index in [-0.39, 0.29) is 126 Å². The molecular weight excluding hydrogens is 1830 g/mol. The molecule has 7 aliphatic rings. The Bertz CT molecular complexity index is 6740. The summed E-state index contributed by atoms with van der Waals surface area (Å²) in [4.78, 5) is 0. The summed E-state index contributed by atoms with van der Waals surface area (Å²) < 4.78 is 32.0. The van der Waals surface area contributed by atoms with Crippen molar-refractivity contribution in [2.75, 3.05) is 0 Å². The van der Waals surface area contributed by atoms with Gasteiger partial charge in [0.25, 0.3) is 0 Å². The van der Waals surface area contributed by atoms with Crippen LogP contribution in [-0.4, -0.2) is 112 Å². The maximum Gasteiger partial charge on any atom is 0.200 e. The lowest BCUT2D eigenvalue weighted by molar-refractivity contribution is -0.0696. The smallest absolute Gasteiger partial charge is 0.200 e. The second-order valence-corrected chi connectivity index (χ2v) is 41.3. The van der Waals surface area contributed by atoms with E-state index in [0.29, 0.717) is 59.8 Å². The molecule has 27 nitrogen and oxygen atoms in total. The highest BCUT2D eigenvalue weighted by atomic mass is 16.5. The molecule has 2 aliphatic carbocycles. The predicted molar refractivity (Wildman–Crippen MR) is 538 cm³/mol. The van der Waals surface area contributed by atoms with E-state index in [1.807, 2.05) is 109 Å². The van der Waals surface area contributed by atoms with Gasteiger partial charge in [-0.25, -0.2) is 0 Å². The lowest BCUT2D eigenvalue weighted by Gasteiger charge is -2.54. The summed E-state index contributed by atoms with van der Waals surface area (Å²) in [5.74, 6) is -5.12. The number of benzene rings is 12. The fourth-order valence-corrected chi connectivity index (χ4v) is 24.7. The summed E-state index contributed by atoms with van der Waals surface area (Å²) in [5.41, 5.74) is 1.10. The Morgan fingerprint density at radius 1 is 0.280 bits per heavy atom. The van der Waals surface area contributed by atoms with Crippen molar-refractivity contribution in [3.8, 4) is 155 Å². The average molecular weight is 1960 g/mol. The first kappa shape index (κ1) is 103. The van der Waals surface area contributed by atoms with Crippen LogP contribution >= 0.6 is 0 Å². The summed E-state index contributed by atoms with van der Waals surface area (Å²) in [6.07, 6.45) is 15.5. The molecule has 10 unspecified atom stereocenters. The lowest BCUT2D eigenvalue weighted by atomic mass is 9.56. The molecule has 27 heteroatoms. The molecule has 2 fully saturated rings. The second-order valence-electron chi connectivity index (χ2n) is 41.3. The third kappa shape index (κ3) is 17.4. The molecule has 0 radical (unpaired) electrons. The molecule has 12 aromatic rings. The summed E-state index contributed by atoms with van der Waals surface area (Å²) in [6, 6.07) is 55.9. The number of rotatable bonds is 13. The molecule has 5 aliphatic heterocycles. The SMILES string of the molecule is CC1(C)CC(C)(c2ccc(O)c(O)c2O)Oc2c1ccc(O)c2O.CC1(C2CCCCC2)CC(c2ccc(O)cc2O)(C2CCCCC2)Oc2c1ccc(O)c2O.CC1(c2ccccc2)CC(c2ccccc2)(c2ccc(O)cc2O)Oc2cc(O)ccc21.CCC1(C)c2ccc(O)c(O)c2OC(C)(c2ccc(O)c(O)c2O)C1C.CCC1(CC)c2ccc(O)c(O)c2OC(CC)(c2ccc(O)c(O)c2O)C1C. The van der Waals surface area contributed by atoms with Crippen molar-refractivity contribution in [2.24, 2.45) is 23.7 Å². The van der Waals surface area contributed by atoms with Crippen LogP contribution in [0.3, 0.4) is 0 Å². The van der Waals surface area contributed by atoms with Gasteiger partial charge in [-0.2, -0.15) is 0 Å². The van der Waals surface area contributed by atoms with E-state index in [1.54, 1.807) is 74.5 Å². The fourth-order valence-electron chi connectivity index (χ4n) is 24.7. The topological polar surface area (TPSA) is 491 Å². The molecule has 22 N–H and O–H groups in total. The second kappa shape index (κ2) is 38.6. The van der Waals surface area contributed by atoms with E-state index in [2.05, 4.69) is 39.8 Å². The predicted octanol–water partition coefficient (Wildman–Crippen LogP) is 24.1. The summed E-state index contributed by atoms with van der Waals surface area (Å²) >= 11 is 0. The van der Waals surface area contributed by atoms with Gasteiger partial charge in [0.1, 0.15) is 56.9 Å². The first-order chi connectivity index (χ1) is 67.6. The molecule has 0 amide bonds. The zero-order valence-corrected chi connectivity index (χ0v) is 82.8. The van der Waals surface area contributed by atoms with E-state index in [4.69, 9.17) is 23.7 Å². The van der Waals surface area contributed by atoms with E-state index < -0.39 is 101 Å². The normalized spacial score (nSPS) is 24.8. The molecular formula is C116H132O27. The number of hydrogen-bond acceptors (Lipinski definition) is 27. The number of hydrogen-bond donors (Lipinski definition) is 22. The van der Waals surface area contributed by atoms with Gasteiger partial charge in [-0.15, -0.1) is 0 Å². The maximum absolute atomic E-state index is 11.0. The van der Waals surface area contributed by atoms with Gasteiger partial charge in [0, 0.05) is 138 Å². The first-order valence-corrected chi connectivity index (χ1v) is 49.0. The van der Waals surface area contributed by atoms with Crippen molar-refractivity contribution in [2.45, 2.75) is 254 Å². The molecule has 10 atom stereocenters. The van der Waals surface area contributed by atoms with Gasteiger partial charge < -0.3 is 136 Å². The van der Waals surface area contributed by atoms with E-state index in [9.17, 15) is 112 Å². The van der Waals surface area contributed by atoms with Gasteiger partial charge in [-0.1, -0.05) is 206 Å². The highest BCUT2D eigenvalue weighted by Gasteiger charge is 2.61. The molecule has 12 aromatic carbocycles. The van der Waals surface area contributed by atoms with Crippen LogP contribution in [0.15, 0.2) is 200 Å². The molecule has 758 valence electrons. The Morgan fingerprint density at radius 3 is 1.16 bits per heavy atom. The summed E-state index contributed by atoms with van der Waals surface area (Å²) in [6.45, 7) is 25.9. The molecule has 2 saturated carbocycles. The summed E-state index contributed by atoms with van der Waals surface area (Å²) in [7, 11) is 0. The number of aromatic hydroxyl groups is 22. The number of phenolic OH excluding ortho intramolecular Hbond substituents is 22. The van der Waals surface area contributed by atoms with Gasteiger partial charge in [0.2, 0.25) is 40.2 Å². The van der Waals surface area contributed by atoms with Crippen molar-refractivity contribution in [3.05, 3.63) is 267 Å². The number of ether oxygens (including phenoxy) is 5. The average Bonchev–Trinajstić information content (AvgIpc) is 0.722. The molecule has 19 rings (SSSR count). The highest BCUT2D eigenvalue weighted by molar-refractivity contribution is 5.68. The number of fused-ring (bicyclic) bond motifs is 5. The van der Waals surface area contributed by atoms with Crippen LogP contribution in [0.25, 0.3) is 0 Å². The Hall–Kier alpha value is -14.8. The van der Waals surface area contributed by atoms with E-state index >= 15 is 0 Å². The Balaban J connectivity index is 0.000000135.